The summed E-state index contributed by atoms with van der Waals surface area (Å²) in [4.78, 5) is 13.0. The number of hydrogen-bond donors (Lipinski definition) is 1. The molecule has 0 bridgehead atoms. The van der Waals surface area contributed by atoms with Crippen LogP contribution >= 0.6 is 0 Å². The summed E-state index contributed by atoms with van der Waals surface area (Å²) in [6.07, 6.45) is 0. The van der Waals surface area contributed by atoms with Crippen molar-refractivity contribution in [3.8, 4) is 0 Å². The molecule has 0 atom stereocenters. The Morgan fingerprint density at radius 3 is 2.62 bits per heavy atom. The summed E-state index contributed by atoms with van der Waals surface area (Å²) in [5.74, 6) is 0. The van der Waals surface area contributed by atoms with E-state index in [1.807, 2.05) is 31.2 Å². The number of nitrogens with one attached hydrogen (secondary N) is 1. The smallest absolute Gasteiger partial charge is 0.321 e. The Morgan fingerprint density at radius 2 is 2.08 bits per heavy atom. The van der Waals surface area contributed by atoms with Crippen molar-refractivity contribution in [2.75, 3.05) is 18.0 Å². The first-order valence-electron chi connectivity index (χ1n) is 4.39. The molecule has 2 amide bonds. The third-order valence-corrected chi connectivity index (χ3v) is 2.20. The van der Waals surface area contributed by atoms with Gasteiger partial charge < -0.3 is 5.32 Å². The fourth-order valence-electron chi connectivity index (χ4n) is 1.44. The van der Waals surface area contributed by atoms with Crippen molar-refractivity contribution in [2.24, 2.45) is 0 Å². The van der Waals surface area contributed by atoms with E-state index in [0.29, 0.717) is 0 Å². The Labute approximate surface area is 78.8 Å². The van der Waals surface area contributed by atoms with Gasteiger partial charge in [-0.25, -0.2) is 4.79 Å². The van der Waals surface area contributed by atoms with Crippen molar-refractivity contribution in [3.63, 3.8) is 0 Å². The van der Waals surface area contributed by atoms with Gasteiger partial charge in [-0.05, 0) is 19.1 Å². The van der Waals surface area contributed by atoms with Crippen LogP contribution in [0.3, 0.4) is 0 Å². The maximum Gasteiger partial charge on any atom is 0.321 e. The van der Waals surface area contributed by atoms with E-state index in [0.717, 1.165) is 18.8 Å². The number of urea groups is 1. The lowest BCUT2D eigenvalue weighted by atomic mass is 10.2. The van der Waals surface area contributed by atoms with Gasteiger partial charge in [-0.1, -0.05) is 17.7 Å². The molecule has 1 aromatic carbocycles. The summed E-state index contributed by atoms with van der Waals surface area (Å²) in [5, 5.41) is 2.77. The van der Waals surface area contributed by atoms with Crippen LogP contribution in [0.5, 0.6) is 0 Å². The third kappa shape index (κ3) is 1.49. The van der Waals surface area contributed by atoms with Gasteiger partial charge >= 0.3 is 6.03 Å². The molecule has 1 aromatic rings. The molecule has 2 rings (SSSR count). The first kappa shape index (κ1) is 8.10. The Morgan fingerprint density at radius 1 is 1.38 bits per heavy atom. The van der Waals surface area contributed by atoms with Crippen LogP contribution in [-0.2, 0) is 0 Å². The van der Waals surface area contributed by atoms with Crippen LogP contribution in [0.25, 0.3) is 0 Å². The number of amides is 2. The zero-order valence-electron chi connectivity index (χ0n) is 7.58. The van der Waals surface area contributed by atoms with Crippen molar-refractivity contribution in [1.82, 2.24) is 5.32 Å². The fourth-order valence-corrected chi connectivity index (χ4v) is 1.44. The maximum atomic E-state index is 11.3. The summed E-state index contributed by atoms with van der Waals surface area (Å²) >= 11 is 0. The number of hydrogen-bond acceptors (Lipinski definition) is 1. The molecule has 0 aliphatic carbocycles. The quantitative estimate of drug-likeness (QED) is 0.698. The second kappa shape index (κ2) is 3.09. The number of carbonyl (C=O) groups is 1. The summed E-state index contributed by atoms with van der Waals surface area (Å²) in [6.45, 7) is 3.54. The van der Waals surface area contributed by atoms with Crippen LogP contribution in [0.4, 0.5) is 10.5 Å². The summed E-state index contributed by atoms with van der Waals surface area (Å²) in [7, 11) is 0. The van der Waals surface area contributed by atoms with E-state index >= 15 is 0 Å². The number of benzene rings is 1. The number of aryl methyl sites for hydroxylation is 1. The Bertz CT molecular complexity index is 323. The minimum Gasteiger partial charge on any atom is -0.336 e. The molecule has 1 saturated heterocycles. The van der Waals surface area contributed by atoms with Gasteiger partial charge in [0.05, 0.1) is 0 Å². The zero-order valence-corrected chi connectivity index (χ0v) is 7.58. The van der Waals surface area contributed by atoms with Crippen LogP contribution in [0.15, 0.2) is 24.3 Å². The van der Waals surface area contributed by atoms with Gasteiger partial charge in [-0.15, -0.1) is 0 Å². The minimum atomic E-state index is 0. The predicted octanol–water partition coefficient (Wildman–Crippen LogP) is 1.77. The lowest BCUT2D eigenvalue weighted by Crippen LogP contribution is -2.27. The van der Waals surface area contributed by atoms with Crippen LogP contribution < -0.4 is 10.2 Å². The number of nitrogens with zero attached hydrogens (tertiary/aromatic N) is 1. The highest BCUT2D eigenvalue weighted by atomic mass is 16.2. The van der Waals surface area contributed by atoms with Gasteiger partial charge in [0.1, 0.15) is 0 Å². The molecule has 13 heavy (non-hydrogen) atoms. The van der Waals surface area contributed by atoms with Crippen LogP contribution in [-0.4, -0.2) is 19.1 Å². The van der Waals surface area contributed by atoms with E-state index < -0.39 is 0 Å². The molecule has 0 spiro atoms. The molecule has 0 radical (unpaired) electrons. The SMILES string of the molecule is Cc1ccc(N2CCNC2=O)cc1.[HH]. The second-order valence-electron chi connectivity index (χ2n) is 3.22. The molecule has 0 unspecified atom stereocenters. The largest absolute Gasteiger partial charge is 0.336 e. The van der Waals surface area contributed by atoms with E-state index in [1.54, 1.807) is 4.90 Å². The third-order valence-electron chi connectivity index (χ3n) is 2.20. The van der Waals surface area contributed by atoms with Gasteiger partial charge in [-0.2, -0.15) is 0 Å². The lowest BCUT2D eigenvalue weighted by molar-refractivity contribution is 0.252. The van der Waals surface area contributed by atoms with Crippen LogP contribution in [0, 0.1) is 6.92 Å². The molecule has 3 heteroatoms. The molecule has 1 N–H and O–H groups in total. The number of carbonyl (C=O) groups excluding carboxylic acids is 1. The number of anilines is 1. The normalized spacial score (nSPS) is 16.1. The van der Waals surface area contributed by atoms with Crippen molar-refractivity contribution in [1.29, 1.82) is 0 Å². The molecular formula is C10H14N2O. The highest BCUT2D eigenvalue weighted by Crippen LogP contribution is 2.16. The van der Waals surface area contributed by atoms with Gasteiger partial charge in [0.2, 0.25) is 0 Å². The molecule has 70 valence electrons. The van der Waals surface area contributed by atoms with Crippen molar-refractivity contribution < 1.29 is 6.22 Å². The number of rotatable bonds is 1. The highest BCUT2D eigenvalue weighted by molar-refractivity contribution is 5.93. The van der Waals surface area contributed by atoms with Crippen molar-refractivity contribution in [3.05, 3.63) is 29.8 Å². The predicted molar refractivity (Wildman–Crippen MR) is 54.0 cm³/mol. The van der Waals surface area contributed by atoms with E-state index in [1.165, 1.54) is 5.56 Å². The monoisotopic (exact) mass is 178 g/mol. The molecule has 1 aliphatic heterocycles. The molecule has 1 fully saturated rings. The summed E-state index contributed by atoms with van der Waals surface area (Å²) in [6, 6.07) is 7.98. The second-order valence-corrected chi connectivity index (χ2v) is 3.22. The van der Waals surface area contributed by atoms with E-state index in [4.69, 9.17) is 0 Å². The van der Waals surface area contributed by atoms with Gasteiger partial charge in [0, 0.05) is 20.2 Å². The van der Waals surface area contributed by atoms with Crippen molar-refractivity contribution in [2.45, 2.75) is 6.92 Å². The van der Waals surface area contributed by atoms with E-state index in [9.17, 15) is 4.79 Å². The van der Waals surface area contributed by atoms with Crippen molar-refractivity contribution >= 4 is 11.7 Å². The maximum absolute atomic E-state index is 11.3. The molecular weight excluding hydrogens is 164 g/mol. The average molecular weight is 178 g/mol. The van der Waals surface area contributed by atoms with Crippen LogP contribution in [0.2, 0.25) is 0 Å². The summed E-state index contributed by atoms with van der Waals surface area (Å²) in [5.41, 5.74) is 2.18. The topological polar surface area (TPSA) is 32.3 Å². The first-order valence-corrected chi connectivity index (χ1v) is 4.39. The Balaban J connectivity index is 0.000000980. The Hall–Kier alpha value is -1.51. The standard InChI is InChI=1S/C10H12N2O.H2/c1-8-2-4-9(5-3-8)12-7-6-11-10(12)13;/h2-5H,6-7H2,1H3,(H,11,13);1H. The van der Waals surface area contributed by atoms with Gasteiger partial charge in [0.15, 0.2) is 0 Å². The zero-order chi connectivity index (χ0) is 9.26. The molecule has 0 saturated carbocycles. The lowest BCUT2D eigenvalue weighted by Gasteiger charge is -2.13. The van der Waals surface area contributed by atoms with Gasteiger partial charge in [-0.3, -0.25) is 4.90 Å². The summed E-state index contributed by atoms with van der Waals surface area (Å²) < 4.78 is 0. The van der Waals surface area contributed by atoms with E-state index in [-0.39, 0.29) is 7.46 Å². The van der Waals surface area contributed by atoms with E-state index in [2.05, 4.69) is 5.32 Å². The highest BCUT2D eigenvalue weighted by Gasteiger charge is 2.20. The Kier molecular flexibility index (Phi) is 1.93. The van der Waals surface area contributed by atoms with Gasteiger partial charge in [0.25, 0.3) is 0 Å². The molecule has 0 aromatic heterocycles. The first-order chi connectivity index (χ1) is 6.27. The minimum absolute atomic E-state index is 0. The fraction of sp³-hybridized carbons (Fsp3) is 0.300. The molecule has 1 heterocycles. The average Bonchev–Trinajstić information content (AvgIpc) is 2.53. The molecule has 1 aliphatic rings. The molecule has 3 nitrogen and oxygen atoms in total. The van der Waals surface area contributed by atoms with Crippen LogP contribution in [0.1, 0.15) is 6.99 Å².